The number of rotatable bonds is 3. The molecule has 0 fully saturated rings. The number of hydrogen-bond donors (Lipinski definition) is 0. The summed E-state index contributed by atoms with van der Waals surface area (Å²) in [7, 11) is 1.17. The van der Waals surface area contributed by atoms with Gasteiger partial charge in [0.25, 0.3) is 5.91 Å². The Morgan fingerprint density at radius 3 is 2.71 bits per heavy atom. The number of halogens is 3. The minimum absolute atomic E-state index is 0.301. The lowest BCUT2D eigenvalue weighted by atomic mass is 9.99. The van der Waals surface area contributed by atoms with Crippen LogP contribution in [0.3, 0.4) is 0 Å². The highest BCUT2D eigenvalue weighted by Gasteiger charge is 2.34. The van der Waals surface area contributed by atoms with Crippen molar-refractivity contribution in [3.63, 3.8) is 0 Å². The van der Waals surface area contributed by atoms with Crippen LogP contribution in [0.4, 0.5) is 13.2 Å². The molecule has 0 unspecified atom stereocenters. The zero-order valence-corrected chi connectivity index (χ0v) is 15.1. The SMILES string of the molecule is CN(CC(F)(F)F)C(=O)c1c2c(nc3ccccc13)/C(=C\c1ccco1)CC2. The van der Waals surface area contributed by atoms with Crippen LogP contribution < -0.4 is 0 Å². The van der Waals surface area contributed by atoms with E-state index in [1.54, 1.807) is 36.6 Å². The molecular weight excluding hydrogens is 369 g/mol. The van der Waals surface area contributed by atoms with Gasteiger partial charge in [-0.3, -0.25) is 4.79 Å². The molecule has 1 aliphatic rings. The van der Waals surface area contributed by atoms with Crippen LogP contribution in [0.25, 0.3) is 22.6 Å². The third-order valence-corrected chi connectivity index (χ3v) is 4.78. The van der Waals surface area contributed by atoms with Crippen molar-refractivity contribution < 1.29 is 22.4 Å². The van der Waals surface area contributed by atoms with Crippen LogP contribution in [0, 0.1) is 0 Å². The minimum atomic E-state index is -4.46. The van der Waals surface area contributed by atoms with Gasteiger partial charge >= 0.3 is 6.18 Å². The highest BCUT2D eigenvalue weighted by molar-refractivity contribution is 6.09. The van der Waals surface area contributed by atoms with Gasteiger partial charge in [-0.05, 0) is 48.3 Å². The lowest BCUT2D eigenvalue weighted by Crippen LogP contribution is -2.36. The molecule has 0 atom stereocenters. The van der Waals surface area contributed by atoms with Gasteiger partial charge < -0.3 is 9.32 Å². The fourth-order valence-electron chi connectivity index (χ4n) is 3.60. The highest BCUT2D eigenvalue weighted by Crippen LogP contribution is 2.38. The van der Waals surface area contributed by atoms with E-state index < -0.39 is 18.6 Å². The monoisotopic (exact) mass is 386 g/mol. The first-order chi connectivity index (χ1) is 13.3. The van der Waals surface area contributed by atoms with Crippen LogP contribution in [0.15, 0.2) is 47.1 Å². The lowest BCUT2D eigenvalue weighted by Gasteiger charge is -2.21. The molecule has 1 amide bonds. The van der Waals surface area contributed by atoms with Crippen LogP contribution in [0.1, 0.15) is 33.8 Å². The number of amides is 1. The highest BCUT2D eigenvalue weighted by atomic mass is 19.4. The summed E-state index contributed by atoms with van der Waals surface area (Å²) < 4.78 is 43.8. The number of para-hydroxylation sites is 1. The molecule has 3 aromatic rings. The summed E-state index contributed by atoms with van der Waals surface area (Å²) in [5.74, 6) is 0.0197. The average Bonchev–Trinajstić information content (AvgIpc) is 3.28. The minimum Gasteiger partial charge on any atom is -0.465 e. The van der Waals surface area contributed by atoms with Crippen molar-refractivity contribution in [3.05, 3.63) is 65.2 Å². The molecule has 4 nitrogen and oxygen atoms in total. The number of fused-ring (bicyclic) bond motifs is 2. The largest absolute Gasteiger partial charge is 0.465 e. The van der Waals surface area contributed by atoms with Crippen LogP contribution >= 0.6 is 0 Å². The standard InChI is InChI=1S/C21H17F3N2O2/c1-26(12-21(22,23)24)20(27)18-15-6-2-3-7-17(15)25-19-13(8-9-16(18)19)11-14-5-4-10-28-14/h2-7,10-11H,8-9,12H2,1H3/b13-11-. The van der Waals surface area contributed by atoms with E-state index in [0.29, 0.717) is 46.3 Å². The Labute approximate surface area is 159 Å². The maximum absolute atomic E-state index is 13.0. The maximum Gasteiger partial charge on any atom is 0.406 e. The molecule has 0 spiro atoms. The molecule has 0 aliphatic heterocycles. The second-order valence-electron chi connectivity index (χ2n) is 6.79. The van der Waals surface area contributed by atoms with E-state index in [1.807, 2.05) is 12.1 Å². The molecule has 1 aliphatic carbocycles. The zero-order valence-electron chi connectivity index (χ0n) is 15.1. The van der Waals surface area contributed by atoms with Gasteiger partial charge in [-0.15, -0.1) is 0 Å². The number of hydrogen-bond acceptors (Lipinski definition) is 3. The van der Waals surface area contributed by atoms with Crippen LogP contribution in [0.2, 0.25) is 0 Å². The van der Waals surface area contributed by atoms with E-state index in [0.717, 1.165) is 10.5 Å². The molecular formula is C21H17F3N2O2. The van der Waals surface area contributed by atoms with Crippen molar-refractivity contribution in [2.24, 2.45) is 0 Å². The van der Waals surface area contributed by atoms with Crippen LogP contribution in [-0.4, -0.2) is 35.6 Å². The fraction of sp³-hybridized carbons (Fsp3) is 0.238. The smallest absolute Gasteiger partial charge is 0.406 e. The van der Waals surface area contributed by atoms with Gasteiger partial charge in [-0.25, -0.2) is 4.98 Å². The number of alkyl halides is 3. The Morgan fingerprint density at radius 1 is 1.21 bits per heavy atom. The summed E-state index contributed by atoms with van der Waals surface area (Å²) in [5.41, 5.74) is 3.13. The van der Waals surface area contributed by atoms with Crippen molar-refractivity contribution >= 4 is 28.5 Å². The normalized spacial score (nSPS) is 15.2. The van der Waals surface area contributed by atoms with Gasteiger partial charge in [0.05, 0.1) is 23.0 Å². The lowest BCUT2D eigenvalue weighted by molar-refractivity contribution is -0.138. The van der Waals surface area contributed by atoms with Gasteiger partial charge in [0.2, 0.25) is 0 Å². The molecule has 0 N–H and O–H groups in total. The molecule has 7 heteroatoms. The first kappa shape index (κ1) is 18.3. The van der Waals surface area contributed by atoms with Gasteiger partial charge in [-0.2, -0.15) is 13.2 Å². The number of furan rings is 1. The average molecular weight is 386 g/mol. The van der Waals surface area contributed by atoms with Crippen LogP contribution in [0.5, 0.6) is 0 Å². The Morgan fingerprint density at radius 2 is 2.00 bits per heavy atom. The van der Waals surface area contributed by atoms with Crippen molar-refractivity contribution in [1.82, 2.24) is 9.88 Å². The number of carbonyl (C=O) groups excluding carboxylic acids is 1. The quantitative estimate of drug-likeness (QED) is 0.640. The zero-order chi connectivity index (χ0) is 19.9. The van der Waals surface area contributed by atoms with Gasteiger partial charge in [0.15, 0.2) is 0 Å². The maximum atomic E-state index is 13.0. The Balaban J connectivity index is 1.86. The summed E-state index contributed by atoms with van der Waals surface area (Å²) in [4.78, 5) is 18.4. The molecule has 144 valence electrons. The predicted molar refractivity (Wildman–Crippen MR) is 99.7 cm³/mol. The van der Waals surface area contributed by atoms with Crippen molar-refractivity contribution in [3.8, 4) is 0 Å². The van der Waals surface area contributed by atoms with Gasteiger partial charge in [0, 0.05) is 12.4 Å². The molecule has 0 bridgehead atoms. The summed E-state index contributed by atoms with van der Waals surface area (Å²) in [6, 6.07) is 10.6. The third-order valence-electron chi connectivity index (χ3n) is 4.78. The van der Waals surface area contributed by atoms with Crippen LogP contribution in [-0.2, 0) is 6.42 Å². The van der Waals surface area contributed by atoms with E-state index in [-0.39, 0.29) is 0 Å². The second kappa shape index (κ2) is 6.82. The van der Waals surface area contributed by atoms with E-state index in [1.165, 1.54) is 7.05 Å². The number of nitrogens with zero attached hydrogens (tertiary/aromatic N) is 2. The first-order valence-corrected chi connectivity index (χ1v) is 8.82. The Hall–Kier alpha value is -3.09. The topological polar surface area (TPSA) is 46.3 Å². The Bertz CT molecular complexity index is 1070. The summed E-state index contributed by atoms with van der Waals surface area (Å²) in [6.07, 6.45) is 0.155. The Kier molecular flexibility index (Phi) is 4.45. The van der Waals surface area contributed by atoms with Crippen molar-refractivity contribution in [1.29, 1.82) is 0 Å². The second-order valence-corrected chi connectivity index (χ2v) is 6.79. The summed E-state index contributed by atoms with van der Waals surface area (Å²) in [6.45, 7) is -1.30. The summed E-state index contributed by atoms with van der Waals surface area (Å²) in [5, 5.41) is 0.569. The van der Waals surface area contributed by atoms with E-state index in [2.05, 4.69) is 0 Å². The molecule has 0 radical (unpaired) electrons. The van der Waals surface area contributed by atoms with E-state index in [4.69, 9.17) is 9.40 Å². The summed E-state index contributed by atoms with van der Waals surface area (Å²) >= 11 is 0. The number of carbonyl (C=O) groups is 1. The van der Waals surface area contributed by atoms with E-state index >= 15 is 0 Å². The number of aromatic nitrogens is 1. The van der Waals surface area contributed by atoms with E-state index in [9.17, 15) is 18.0 Å². The third kappa shape index (κ3) is 3.40. The molecule has 0 saturated heterocycles. The molecule has 28 heavy (non-hydrogen) atoms. The first-order valence-electron chi connectivity index (χ1n) is 8.82. The molecule has 2 heterocycles. The van der Waals surface area contributed by atoms with Crippen molar-refractivity contribution in [2.45, 2.75) is 19.0 Å². The van der Waals surface area contributed by atoms with Crippen molar-refractivity contribution in [2.75, 3.05) is 13.6 Å². The number of pyridine rings is 1. The molecule has 4 rings (SSSR count). The number of benzene rings is 1. The van der Waals surface area contributed by atoms with Gasteiger partial charge in [0.1, 0.15) is 12.3 Å². The number of allylic oxidation sites excluding steroid dienone is 1. The van der Waals surface area contributed by atoms with Gasteiger partial charge in [-0.1, -0.05) is 18.2 Å². The predicted octanol–water partition coefficient (Wildman–Crippen LogP) is 4.95. The molecule has 1 aromatic carbocycles. The molecule has 0 saturated carbocycles. The fourth-order valence-corrected chi connectivity index (χ4v) is 3.60. The molecule has 2 aromatic heterocycles.